The zero-order valence-electron chi connectivity index (χ0n) is 19.0. The molecule has 2 fully saturated rings. The number of nitrogens with zero attached hydrogens (tertiary/aromatic N) is 2. The van der Waals surface area contributed by atoms with Crippen molar-refractivity contribution in [2.75, 3.05) is 25.2 Å². The highest BCUT2D eigenvalue weighted by Gasteiger charge is 2.72. The van der Waals surface area contributed by atoms with E-state index >= 15 is 0 Å². The molecule has 0 aromatic heterocycles. The summed E-state index contributed by atoms with van der Waals surface area (Å²) in [4.78, 5) is 43.6. The molecule has 172 valence electrons. The van der Waals surface area contributed by atoms with Crippen molar-refractivity contribution in [3.63, 3.8) is 0 Å². The van der Waals surface area contributed by atoms with Crippen LogP contribution in [0.25, 0.3) is 0 Å². The summed E-state index contributed by atoms with van der Waals surface area (Å²) in [5.41, 5.74) is 0.847. The molecular weight excluding hydrogens is 424 g/mol. The number of carbonyl (C=O) groups is 3. The Morgan fingerprint density at radius 3 is 2.58 bits per heavy atom. The van der Waals surface area contributed by atoms with Gasteiger partial charge in [-0.2, -0.15) is 0 Å². The molecular formula is C25H26N2O6. The van der Waals surface area contributed by atoms with Crippen LogP contribution in [-0.2, 0) is 14.3 Å². The second kappa shape index (κ2) is 7.50. The second-order valence-electron chi connectivity index (χ2n) is 8.83. The van der Waals surface area contributed by atoms with Crippen molar-refractivity contribution in [3.8, 4) is 11.5 Å². The maximum Gasteiger partial charge on any atom is 0.332 e. The summed E-state index contributed by atoms with van der Waals surface area (Å²) in [6.45, 7) is 5.70. The van der Waals surface area contributed by atoms with Crippen LogP contribution in [0.15, 0.2) is 42.5 Å². The zero-order valence-corrected chi connectivity index (χ0v) is 19.0. The summed E-state index contributed by atoms with van der Waals surface area (Å²) >= 11 is 0. The Balaban J connectivity index is 1.66. The van der Waals surface area contributed by atoms with Crippen molar-refractivity contribution in [2.24, 2.45) is 11.8 Å². The lowest BCUT2D eigenvalue weighted by Crippen LogP contribution is -2.51. The topological polar surface area (TPSA) is 85.4 Å². The normalized spacial score (nSPS) is 27.6. The molecule has 2 aromatic rings. The SMILES string of the molecule is CCOC(=O)[C@@H]1C2COc3cc(OC)ccc3C2N2C(=O)N(c3ccc(C)cc3)C(=O)[C@@]12C. The number of benzene rings is 2. The Labute approximate surface area is 192 Å². The molecule has 2 unspecified atom stereocenters. The van der Waals surface area contributed by atoms with E-state index in [1.807, 2.05) is 25.1 Å². The van der Waals surface area contributed by atoms with E-state index in [2.05, 4.69) is 0 Å². The molecule has 0 N–H and O–H groups in total. The van der Waals surface area contributed by atoms with E-state index in [4.69, 9.17) is 14.2 Å². The number of urea groups is 1. The number of amides is 3. The molecule has 0 spiro atoms. The van der Waals surface area contributed by atoms with E-state index in [0.29, 0.717) is 17.2 Å². The molecule has 3 aliphatic heterocycles. The fourth-order valence-corrected chi connectivity index (χ4v) is 5.52. The summed E-state index contributed by atoms with van der Waals surface area (Å²) in [6, 6.07) is 11.6. The maximum absolute atomic E-state index is 13.9. The number of ether oxygens (including phenoxy) is 3. The molecule has 0 bridgehead atoms. The molecule has 2 saturated heterocycles. The van der Waals surface area contributed by atoms with Gasteiger partial charge in [-0.15, -0.1) is 0 Å². The minimum absolute atomic E-state index is 0.182. The smallest absolute Gasteiger partial charge is 0.332 e. The first-order valence-corrected chi connectivity index (χ1v) is 11.0. The average molecular weight is 450 g/mol. The summed E-state index contributed by atoms with van der Waals surface area (Å²) in [7, 11) is 1.57. The van der Waals surface area contributed by atoms with Gasteiger partial charge in [-0.1, -0.05) is 17.7 Å². The van der Waals surface area contributed by atoms with E-state index in [1.54, 1.807) is 50.1 Å². The van der Waals surface area contributed by atoms with E-state index in [1.165, 1.54) is 4.90 Å². The largest absolute Gasteiger partial charge is 0.497 e. The van der Waals surface area contributed by atoms with Crippen molar-refractivity contribution in [1.82, 2.24) is 4.90 Å². The van der Waals surface area contributed by atoms with Crippen LogP contribution in [0, 0.1) is 18.8 Å². The fraction of sp³-hybridized carbons (Fsp3) is 0.400. The number of fused-ring (bicyclic) bond motifs is 5. The van der Waals surface area contributed by atoms with Gasteiger partial charge in [-0.3, -0.25) is 9.59 Å². The number of rotatable bonds is 4. The molecule has 3 amide bonds. The molecule has 0 saturated carbocycles. The minimum atomic E-state index is -1.39. The highest BCUT2D eigenvalue weighted by molar-refractivity contribution is 6.24. The van der Waals surface area contributed by atoms with Gasteiger partial charge < -0.3 is 19.1 Å². The van der Waals surface area contributed by atoms with Crippen molar-refractivity contribution < 1.29 is 28.6 Å². The van der Waals surface area contributed by atoms with Crippen LogP contribution >= 0.6 is 0 Å². The molecule has 5 rings (SSSR count). The molecule has 0 radical (unpaired) electrons. The first-order chi connectivity index (χ1) is 15.8. The molecule has 33 heavy (non-hydrogen) atoms. The number of imide groups is 1. The van der Waals surface area contributed by atoms with Crippen LogP contribution in [0.5, 0.6) is 11.5 Å². The van der Waals surface area contributed by atoms with Crippen LogP contribution in [0.3, 0.4) is 0 Å². The van der Waals surface area contributed by atoms with Gasteiger partial charge in [0.2, 0.25) is 0 Å². The van der Waals surface area contributed by atoms with E-state index in [-0.39, 0.29) is 13.2 Å². The van der Waals surface area contributed by atoms with E-state index in [0.717, 1.165) is 11.1 Å². The Morgan fingerprint density at radius 2 is 1.91 bits per heavy atom. The third-order valence-electron chi connectivity index (χ3n) is 7.05. The second-order valence-corrected chi connectivity index (χ2v) is 8.83. The Hall–Kier alpha value is -3.55. The number of hydrogen-bond donors (Lipinski definition) is 0. The van der Waals surface area contributed by atoms with Crippen LogP contribution in [0.2, 0.25) is 0 Å². The molecule has 4 atom stereocenters. The summed E-state index contributed by atoms with van der Waals surface area (Å²) in [5, 5.41) is 0. The summed E-state index contributed by atoms with van der Waals surface area (Å²) in [6.07, 6.45) is 0. The van der Waals surface area contributed by atoms with Crippen molar-refractivity contribution in [1.29, 1.82) is 0 Å². The molecule has 3 aliphatic rings. The van der Waals surface area contributed by atoms with Gasteiger partial charge in [-0.05, 0) is 45.0 Å². The van der Waals surface area contributed by atoms with Crippen LogP contribution < -0.4 is 14.4 Å². The van der Waals surface area contributed by atoms with Gasteiger partial charge in [-0.25, -0.2) is 9.69 Å². The van der Waals surface area contributed by atoms with Crippen molar-refractivity contribution in [3.05, 3.63) is 53.6 Å². The summed E-state index contributed by atoms with van der Waals surface area (Å²) in [5.74, 6) is -0.993. The number of hydrogen-bond acceptors (Lipinski definition) is 6. The first-order valence-electron chi connectivity index (χ1n) is 11.0. The maximum atomic E-state index is 13.9. The lowest BCUT2D eigenvalue weighted by molar-refractivity contribution is -0.154. The highest BCUT2D eigenvalue weighted by Crippen LogP contribution is 2.58. The third-order valence-corrected chi connectivity index (χ3v) is 7.05. The molecule has 0 aliphatic carbocycles. The standard InChI is InChI=1S/C25H26N2O6/c1-5-32-22(28)20-18-13-33-19-12-16(31-4)10-11-17(19)21(18)27-24(30)26(23(29)25(20,27)3)15-8-6-14(2)7-9-15/h6-12,18,20-21H,5,13H2,1-4H3/t18?,20-,21?,25+/m0/s1. The quantitative estimate of drug-likeness (QED) is 0.524. The van der Waals surface area contributed by atoms with Crippen LogP contribution in [0.4, 0.5) is 10.5 Å². The summed E-state index contributed by atoms with van der Waals surface area (Å²) < 4.78 is 16.7. The lowest BCUT2D eigenvalue weighted by atomic mass is 9.77. The van der Waals surface area contributed by atoms with Crippen molar-refractivity contribution in [2.45, 2.75) is 32.4 Å². The molecule has 2 aromatic carbocycles. The van der Waals surface area contributed by atoms with E-state index in [9.17, 15) is 14.4 Å². The van der Waals surface area contributed by atoms with Crippen molar-refractivity contribution >= 4 is 23.6 Å². The zero-order chi connectivity index (χ0) is 23.5. The number of anilines is 1. The van der Waals surface area contributed by atoms with Gasteiger partial charge in [0, 0.05) is 17.5 Å². The van der Waals surface area contributed by atoms with E-state index < -0.39 is 41.3 Å². The van der Waals surface area contributed by atoms with Gasteiger partial charge >= 0.3 is 12.0 Å². The number of aryl methyl sites for hydroxylation is 1. The van der Waals surface area contributed by atoms with Crippen LogP contribution in [-0.4, -0.2) is 48.7 Å². The first kappa shape index (κ1) is 21.3. The molecule has 8 heteroatoms. The monoisotopic (exact) mass is 450 g/mol. The van der Waals surface area contributed by atoms with Crippen LogP contribution in [0.1, 0.15) is 31.0 Å². The number of esters is 1. The predicted octanol–water partition coefficient (Wildman–Crippen LogP) is 3.47. The highest BCUT2D eigenvalue weighted by atomic mass is 16.5. The number of methoxy groups -OCH3 is 1. The Morgan fingerprint density at radius 1 is 1.18 bits per heavy atom. The fourth-order valence-electron chi connectivity index (χ4n) is 5.52. The van der Waals surface area contributed by atoms with Gasteiger partial charge in [0.25, 0.3) is 5.91 Å². The third kappa shape index (κ3) is 2.86. The van der Waals surface area contributed by atoms with Gasteiger partial charge in [0.05, 0.1) is 38.0 Å². The minimum Gasteiger partial charge on any atom is -0.497 e. The molecule has 3 heterocycles. The average Bonchev–Trinajstić information content (AvgIpc) is 3.19. The lowest BCUT2D eigenvalue weighted by Gasteiger charge is -2.34. The van der Waals surface area contributed by atoms with Gasteiger partial charge in [0.1, 0.15) is 17.0 Å². The Bertz CT molecular complexity index is 1150. The van der Waals surface area contributed by atoms with Gasteiger partial charge in [0.15, 0.2) is 0 Å². The molecule has 8 nitrogen and oxygen atoms in total. The number of carbonyl (C=O) groups excluding carboxylic acids is 3. The predicted molar refractivity (Wildman–Crippen MR) is 119 cm³/mol. The Kier molecular flexibility index (Phi) is 4.84.